The van der Waals surface area contributed by atoms with E-state index in [0.29, 0.717) is 0 Å². The summed E-state index contributed by atoms with van der Waals surface area (Å²) in [6.45, 7) is 2.06. The van der Waals surface area contributed by atoms with E-state index in [1.807, 2.05) is 12.1 Å². The van der Waals surface area contributed by atoms with Crippen LogP contribution in [0.2, 0.25) is 5.02 Å². The van der Waals surface area contributed by atoms with Crippen LogP contribution in [0, 0.1) is 13.3 Å². The lowest BCUT2D eigenvalue weighted by Gasteiger charge is -2.05. The number of benzene rings is 2. The minimum atomic E-state index is 0.870. The Kier molecular flexibility index (Phi) is 4.22. The monoisotopic (exact) mass is 243 g/mol. The van der Waals surface area contributed by atoms with Crippen molar-refractivity contribution in [1.82, 2.24) is 0 Å². The molecule has 2 aromatic carbocycles. The van der Waals surface area contributed by atoms with Crippen LogP contribution in [0.15, 0.2) is 48.5 Å². The van der Waals surface area contributed by atoms with Crippen LogP contribution in [0.1, 0.15) is 16.7 Å². The van der Waals surface area contributed by atoms with Gasteiger partial charge in [-0.2, -0.15) is 0 Å². The maximum atomic E-state index is 6.19. The number of hydrogen-bond acceptors (Lipinski definition) is 0. The summed E-state index contributed by atoms with van der Waals surface area (Å²) in [5, 5.41) is 0.870. The third-order valence-electron chi connectivity index (χ3n) is 2.80. The van der Waals surface area contributed by atoms with Crippen LogP contribution in [0.3, 0.4) is 0 Å². The number of halogens is 1. The number of aryl methyl sites for hydroxylation is 1. The summed E-state index contributed by atoms with van der Waals surface area (Å²) in [5.41, 5.74) is 3.76. The van der Waals surface area contributed by atoms with Crippen molar-refractivity contribution in [1.29, 1.82) is 0 Å². The van der Waals surface area contributed by atoms with Crippen LogP contribution in [-0.2, 0) is 12.8 Å². The SMILES string of the molecule is Cc1ccc(C[CH]Cc2ccccc2)c(Cl)c1. The van der Waals surface area contributed by atoms with Crippen molar-refractivity contribution in [2.75, 3.05) is 0 Å². The third-order valence-corrected chi connectivity index (χ3v) is 3.15. The lowest BCUT2D eigenvalue weighted by Crippen LogP contribution is -1.92. The Morgan fingerprint density at radius 1 is 1.00 bits per heavy atom. The molecule has 2 rings (SSSR count). The van der Waals surface area contributed by atoms with E-state index in [0.717, 1.165) is 17.9 Å². The van der Waals surface area contributed by atoms with Gasteiger partial charge in [0.15, 0.2) is 0 Å². The van der Waals surface area contributed by atoms with Gasteiger partial charge in [0.25, 0.3) is 0 Å². The second kappa shape index (κ2) is 5.88. The molecule has 0 saturated carbocycles. The Hall–Kier alpha value is -1.27. The molecule has 0 bridgehead atoms. The molecule has 2 aromatic rings. The molecule has 0 heterocycles. The molecule has 0 nitrogen and oxygen atoms in total. The number of hydrogen-bond donors (Lipinski definition) is 0. The Morgan fingerprint density at radius 3 is 2.47 bits per heavy atom. The lowest BCUT2D eigenvalue weighted by atomic mass is 10.0. The van der Waals surface area contributed by atoms with Gasteiger partial charge < -0.3 is 0 Å². The molecule has 0 saturated heterocycles. The minimum Gasteiger partial charge on any atom is -0.0840 e. The summed E-state index contributed by atoms with van der Waals surface area (Å²) in [6, 6.07) is 16.7. The summed E-state index contributed by atoms with van der Waals surface area (Å²) in [4.78, 5) is 0. The summed E-state index contributed by atoms with van der Waals surface area (Å²) in [5.74, 6) is 0. The van der Waals surface area contributed by atoms with Gasteiger partial charge in [0, 0.05) is 5.02 Å². The van der Waals surface area contributed by atoms with Crippen LogP contribution >= 0.6 is 11.6 Å². The standard InChI is InChI=1S/C16H16Cl/c1-13-10-11-15(16(17)12-13)9-5-8-14-6-3-2-4-7-14/h2-7,10-12H,8-9H2,1H3. The smallest absolute Gasteiger partial charge is 0.0440 e. The van der Waals surface area contributed by atoms with Gasteiger partial charge in [-0.1, -0.05) is 54.1 Å². The normalized spacial score (nSPS) is 10.5. The van der Waals surface area contributed by atoms with Crippen LogP contribution in [0.5, 0.6) is 0 Å². The van der Waals surface area contributed by atoms with Crippen LogP contribution < -0.4 is 0 Å². The van der Waals surface area contributed by atoms with Crippen molar-refractivity contribution in [3.63, 3.8) is 0 Å². The molecule has 0 aliphatic heterocycles. The molecule has 0 spiro atoms. The fourth-order valence-corrected chi connectivity index (χ4v) is 2.14. The molecule has 0 aliphatic carbocycles. The highest BCUT2D eigenvalue weighted by molar-refractivity contribution is 6.31. The average Bonchev–Trinajstić information content (AvgIpc) is 2.33. The molecule has 1 heteroatoms. The van der Waals surface area contributed by atoms with Gasteiger partial charge >= 0.3 is 0 Å². The molecule has 0 fully saturated rings. The van der Waals surface area contributed by atoms with Crippen molar-refractivity contribution < 1.29 is 0 Å². The predicted molar refractivity (Wildman–Crippen MR) is 74.3 cm³/mol. The first-order valence-corrected chi connectivity index (χ1v) is 6.24. The third kappa shape index (κ3) is 3.61. The minimum absolute atomic E-state index is 0.870. The highest BCUT2D eigenvalue weighted by Crippen LogP contribution is 2.19. The van der Waals surface area contributed by atoms with Gasteiger partial charge in [0.2, 0.25) is 0 Å². The maximum Gasteiger partial charge on any atom is 0.0440 e. The van der Waals surface area contributed by atoms with Crippen molar-refractivity contribution >= 4 is 11.6 Å². The molecule has 0 aliphatic rings. The number of rotatable bonds is 4. The fourth-order valence-electron chi connectivity index (χ4n) is 1.83. The zero-order chi connectivity index (χ0) is 12.1. The van der Waals surface area contributed by atoms with E-state index in [2.05, 4.69) is 49.7 Å². The maximum absolute atomic E-state index is 6.19. The highest BCUT2D eigenvalue weighted by atomic mass is 35.5. The summed E-state index contributed by atoms with van der Waals surface area (Å²) < 4.78 is 0. The Labute approximate surface area is 108 Å². The van der Waals surface area contributed by atoms with E-state index in [1.54, 1.807) is 0 Å². The van der Waals surface area contributed by atoms with E-state index in [-0.39, 0.29) is 0 Å². The van der Waals surface area contributed by atoms with Crippen LogP contribution in [0.4, 0.5) is 0 Å². The molecular formula is C16H16Cl. The fraction of sp³-hybridized carbons (Fsp3) is 0.188. The predicted octanol–water partition coefficient (Wildman–Crippen LogP) is 4.64. The van der Waals surface area contributed by atoms with Crippen LogP contribution in [0.25, 0.3) is 0 Å². The summed E-state index contributed by atoms with van der Waals surface area (Å²) in [6.07, 6.45) is 4.19. The summed E-state index contributed by atoms with van der Waals surface area (Å²) in [7, 11) is 0. The van der Waals surface area contributed by atoms with Gasteiger partial charge in [0.05, 0.1) is 0 Å². The highest BCUT2D eigenvalue weighted by Gasteiger charge is 2.01. The zero-order valence-corrected chi connectivity index (χ0v) is 10.7. The van der Waals surface area contributed by atoms with Crippen molar-refractivity contribution in [3.05, 3.63) is 76.7 Å². The van der Waals surface area contributed by atoms with Gasteiger partial charge in [-0.15, -0.1) is 0 Å². The largest absolute Gasteiger partial charge is 0.0840 e. The first-order valence-electron chi connectivity index (χ1n) is 5.86. The van der Waals surface area contributed by atoms with E-state index < -0.39 is 0 Å². The Bertz CT molecular complexity index is 474. The first kappa shape index (κ1) is 12.2. The van der Waals surface area contributed by atoms with E-state index in [9.17, 15) is 0 Å². The van der Waals surface area contributed by atoms with Crippen LogP contribution in [-0.4, -0.2) is 0 Å². The second-order valence-corrected chi connectivity index (χ2v) is 4.68. The van der Waals surface area contributed by atoms with Crippen molar-refractivity contribution in [2.24, 2.45) is 0 Å². The van der Waals surface area contributed by atoms with Crippen molar-refractivity contribution in [2.45, 2.75) is 19.8 Å². The van der Waals surface area contributed by atoms with E-state index in [1.165, 1.54) is 16.7 Å². The van der Waals surface area contributed by atoms with E-state index in [4.69, 9.17) is 11.6 Å². The molecule has 0 unspecified atom stereocenters. The molecular weight excluding hydrogens is 228 g/mol. The Balaban J connectivity index is 1.90. The second-order valence-electron chi connectivity index (χ2n) is 4.28. The first-order chi connectivity index (χ1) is 8.25. The molecule has 0 atom stereocenters. The van der Waals surface area contributed by atoms with Gasteiger partial charge in [-0.3, -0.25) is 0 Å². The molecule has 1 radical (unpaired) electrons. The molecule has 0 amide bonds. The quantitative estimate of drug-likeness (QED) is 0.734. The van der Waals surface area contributed by atoms with Gasteiger partial charge in [-0.05, 0) is 48.9 Å². The summed E-state index contributed by atoms with van der Waals surface area (Å²) >= 11 is 6.19. The topological polar surface area (TPSA) is 0 Å². The average molecular weight is 244 g/mol. The molecule has 0 N–H and O–H groups in total. The Morgan fingerprint density at radius 2 is 1.76 bits per heavy atom. The lowest BCUT2D eigenvalue weighted by molar-refractivity contribution is 1.03. The van der Waals surface area contributed by atoms with Gasteiger partial charge in [0.1, 0.15) is 0 Å². The molecule has 17 heavy (non-hydrogen) atoms. The van der Waals surface area contributed by atoms with Gasteiger partial charge in [-0.25, -0.2) is 0 Å². The molecule has 87 valence electrons. The zero-order valence-electron chi connectivity index (χ0n) is 9.99. The van der Waals surface area contributed by atoms with Crippen molar-refractivity contribution in [3.8, 4) is 0 Å². The van der Waals surface area contributed by atoms with E-state index >= 15 is 0 Å². The molecule has 0 aromatic heterocycles.